The first-order chi connectivity index (χ1) is 8.49. The van der Waals surface area contributed by atoms with Gasteiger partial charge < -0.3 is 0 Å². The van der Waals surface area contributed by atoms with Crippen LogP contribution in [0.5, 0.6) is 0 Å². The summed E-state index contributed by atoms with van der Waals surface area (Å²) in [7, 11) is 0. The Bertz CT molecular complexity index is 582. The fourth-order valence-electron chi connectivity index (χ4n) is 1.57. The Hall–Kier alpha value is -1.19. The molecule has 0 heterocycles. The smallest absolute Gasteiger partial charge is 0.206 e. The quantitative estimate of drug-likeness (QED) is 0.662. The maximum atomic E-state index is 13.2. The van der Waals surface area contributed by atoms with Gasteiger partial charge in [-0.25, -0.2) is 13.2 Å². The Kier molecular flexibility index (Phi) is 3.83. The summed E-state index contributed by atoms with van der Waals surface area (Å²) in [5.41, 5.74) is 0.440. The van der Waals surface area contributed by atoms with Crippen molar-refractivity contribution in [2.45, 2.75) is 6.43 Å². The molecule has 0 saturated heterocycles. The van der Waals surface area contributed by atoms with Gasteiger partial charge in [0, 0.05) is 0 Å². The molecule has 0 spiro atoms. The van der Waals surface area contributed by atoms with E-state index in [2.05, 4.69) is 0 Å². The van der Waals surface area contributed by atoms with E-state index in [4.69, 9.17) is 23.2 Å². The fourth-order valence-corrected chi connectivity index (χ4v) is 1.86. The van der Waals surface area contributed by atoms with Gasteiger partial charge in [0.05, 0.1) is 15.6 Å². The molecule has 0 amide bonds. The van der Waals surface area contributed by atoms with Crippen molar-refractivity contribution in [3.05, 3.63) is 57.8 Å². The van der Waals surface area contributed by atoms with Crippen molar-refractivity contribution >= 4 is 23.2 Å². The Labute approximate surface area is 112 Å². The molecule has 18 heavy (non-hydrogen) atoms. The fraction of sp³-hybridized carbons (Fsp3) is 0.0769. The minimum atomic E-state index is -2.85. The highest BCUT2D eigenvalue weighted by molar-refractivity contribution is 6.42. The van der Waals surface area contributed by atoms with Crippen LogP contribution < -0.4 is 0 Å². The molecule has 0 saturated carbocycles. The summed E-state index contributed by atoms with van der Waals surface area (Å²) in [6, 6.07) is 8.29. The normalized spacial score (nSPS) is 11.0. The third kappa shape index (κ3) is 2.62. The summed E-state index contributed by atoms with van der Waals surface area (Å²) in [5, 5.41) is 0.689. The van der Waals surface area contributed by atoms with Gasteiger partial charge in [-0.1, -0.05) is 35.3 Å². The van der Waals surface area contributed by atoms with Crippen LogP contribution >= 0.6 is 23.2 Å². The lowest BCUT2D eigenvalue weighted by Crippen LogP contribution is -1.91. The lowest BCUT2D eigenvalue weighted by molar-refractivity contribution is 0.146. The third-order valence-corrected chi connectivity index (χ3v) is 3.22. The van der Waals surface area contributed by atoms with Gasteiger partial charge in [-0.15, -0.1) is 0 Å². The standard InChI is InChI=1S/C13H7Cl2F3/c14-10-3-1-8(6-11(10)15)7-2-4-12(16)9(5-7)13(17)18/h1-6,13H. The number of alkyl halides is 2. The molecule has 0 aliphatic carbocycles. The monoisotopic (exact) mass is 290 g/mol. The Morgan fingerprint density at radius 2 is 1.44 bits per heavy atom. The lowest BCUT2D eigenvalue weighted by atomic mass is 10.0. The molecule has 94 valence electrons. The van der Waals surface area contributed by atoms with Crippen LogP contribution in [0.4, 0.5) is 13.2 Å². The zero-order valence-electron chi connectivity index (χ0n) is 8.93. The molecular weight excluding hydrogens is 284 g/mol. The Morgan fingerprint density at radius 1 is 0.833 bits per heavy atom. The van der Waals surface area contributed by atoms with Gasteiger partial charge in [-0.2, -0.15) is 0 Å². The SMILES string of the molecule is Fc1ccc(-c2ccc(Cl)c(Cl)c2)cc1C(F)F. The van der Waals surface area contributed by atoms with Crippen molar-refractivity contribution in [1.82, 2.24) is 0 Å². The van der Waals surface area contributed by atoms with Crippen molar-refractivity contribution < 1.29 is 13.2 Å². The Morgan fingerprint density at radius 3 is 2.06 bits per heavy atom. The topological polar surface area (TPSA) is 0 Å². The molecule has 0 N–H and O–H groups in total. The predicted octanol–water partition coefficient (Wildman–Crippen LogP) is 5.74. The molecular formula is C13H7Cl2F3. The molecule has 5 heteroatoms. The molecule has 0 unspecified atom stereocenters. The maximum Gasteiger partial charge on any atom is 0.266 e. The van der Waals surface area contributed by atoms with Crippen molar-refractivity contribution in [2.24, 2.45) is 0 Å². The van der Waals surface area contributed by atoms with E-state index in [1.807, 2.05) is 0 Å². The van der Waals surface area contributed by atoms with Crippen LogP contribution in [0.25, 0.3) is 11.1 Å². The molecule has 0 fully saturated rings. The van der Waals surface area contributed by atoms with Crippen molar-refractivity contribution in [3.8, 4) is 11.1 Å². The number of hydrogen-bond donors (Lipinski definition) is 0. The van der Waals surface area contributed by atoms with Gasteiger partial charge in [0.25, 0.3) is 6.43 Å². The first-order valence-corrected chi connectivity index (χ1v) is 5.77. The minimum absolute atomic E-state index is 0.317. The van der Waals surface area contributed by atoms with Gasteiger partial charge in [0.15, 0.2) is 0 Å². The van der Waals surface area contributed by atoms with Gasteiger partial charge in [-0.05, 0) is 35.4 Å². The number of halogens is 5. The first-order valence-electron chi connectivity index (χ1n) is 5.02. The molecule has 0 aliphatic heterocycles. The second-order valence-corrected chi connectivity index (χ2v) is 4.48. The third-order valence-electron chi connectivity index (χ3n) is 2.48. The number of rotatable bonds is 2. The van der Waals surface area contributed by atoms with Crippen LogP contribution in [-0.2, 0) is 0 Å². The van der Waals surface area contributed by atoms with Crippen molar-refractivity contribution in [1.29, 1.82) is 0 Å². The van der Waals surface area contributed by atoms with E-state index in [-0.39, 0.29) is 0 Å². The number of hydrogen-bond acceptors (Lipinski definition) is 0. The number of benzene rings is 2. The van der Waals surface area contributed by atoms with Crippen molar-refractivity contribution in [3.63, 3.8) is 0 Å². The molecule has 0 atom stereocenters. The molecule has 2 aromatic carbocycles. The van der Waals surface area contributed by atoms with Crippen LogP contribution in [0.15, 0.2) is 36.4 Å². The summed E-state index contributed by atoms with van der Waals surface area (Å²) < 4.78 is 38.3. The molecule has 2 rings (SSSR count). The summed E-state index contributed by atoms with van der Waals surface area (Å²) in [4.78, 5) is 0. The van der Waals surface area contributed by atoms with Crippen LogP contribution in [0.1, 0.15) is 12.0 Å². The molecule has 0 bridgehead atoms. The van der Waals surface area contributed by atoms with E-state index < -0.39 is 17.8 Å². The molecule has 0 nitrogen and oxygen atoms in total. The zero-order valence-corrected chi connectivity index (χ0v) is 10.4. The summed E-state index contributed by atoms with van der Waals surface area (Å²) in [6.45, 7) is 0. The minimum Gasteiger partial charge on any atom is -0.206 e. The predicted molar refractivity (Wildman–Crippen MR) is 66.8 cm³/mol. The Balaban J connectivity index is 2.50. The largest absolute Gasteiger partial charge is 0.266 e. The average molecular weight is 291 g/mol. The van der Waals surface area contributed by atoms with Crippen LogP contribution in [0, 0.1) is 5.82 Å². The van der Waals surface area contributed by atoms with Crippen LogP contribution in [-0.4, -0.2) is 0 Å². The van der Waals surface area contributed by atoms with E-state index in [0.29, 0.717) is 21.2 Å². The lowest BCUT2D eigenvalue weighted by Gasteiger charge is -2.07. The van der Waals surface area contributed by atoms with Crippen LogP contribution in [0.2, 0.25) is 10.0 Å². The van der Waals surface area contributed by atoms with Crippen molar-refractivity contribution in [2.75, 3.05) is 0 Å². The second kappa shape index (κ2) is 5.21. The second-order valence-electron chi connectivity index (χ2n) is 3.67. The zero-order chi connectivity index (χ0) is 13.3. The first kappa shape index (κ1) is 13.2. The summed E-state index contributed by atoms with van der Waals surface area (Å²) >= 11 is 11.6. The van der Waals surface area contributed by atoms with E-state index in [0.717, 1.165) is 12.1 Å². The van der Waals surface area contributed by atoms with E-state index in [1.54, 1.807) is 18.2 Å². The molecule has 0 aromatic heterocycles. The van der Waals surface area contributed by atoms with E-state index in [9.17, 15) is 13.2 Å². The average Bonchev–Trinajstić information content (AvgIpc) is 2.33. The van der Waals surface area contributed by atoms with Crippen LogP contribution in [0.3, 0.4) is 0 Å². The highest BCUT2D eigenvalue weighted by Gasteiger charge is 2.14. The molecule has 2 aromatic rings. The maximum absolute atomic E-state index is 13.2. The van der Waals surface area contributed by atoms with Gasteiger partial charge in [0.2, 0.25) is 0 Å². The van der Waals surface area contributed by atoms with E-state index in [1.165, 1.54) is 6.07 Å². The molecule has 0 aliphatic rings. The highest BCUT2D eigenvalue weighted by Crippen LogP contribution is 2.31. The summed E-state index contributed by atoms with van der Waals surface area (Å²) in [6.07, 6.45) is -2.85. The highest BCUT2D eigenvalue weighted by atomic mass is 35.5. The molecule has 0 radical (unpaired) electrons. The van der Waals surface area contributed by atoms with Gasteiger partial charge in [0.1, 0.15) is 5.82 Å². The summed E-state index contributed by atoms with van der Waals surface area (Å²) in [5.74, 6) is -0.922. The van der Waals surface area contributed by atoms with Gasteiger partial charge in [-0.3, -0.25) is 0 Å². The van der Waals surface area contributed by atoms with Gasteiger partial charge >= 0.3 is 0 Å². The van der Waals surface area contributed by atoms with E-state index >= 15 is 0 Å².